The first-order chi connectivity index (χ1) is 7.12. The van der Waals surface area contributed by atoms with Gasteiger partial charge >= 0.3 is 0 Å². The van der Waals surface area contributed by atoms with Gasteiger partial charge in [0, 0.05) is 16.8 Å². The van der Waals surface area contributed by atoms with E-state index in [9.17, 15) is 0 Å². The average molecular weight is 269 g/mol. The zero-order valence-corrected chi connectivity index (χ0v) is 10.9. The molecule has 1 nitrogen and oxygen atoms in total. The molecule has 0 aromatic heterocycles. The quantitative estimate of drug-likeness (QED) is 0.754. The molecule has 1 atom stereocenters. The zero-order valence-electron chi connectivity index (χ0n) is 9.29. The molecule has 1 heterocycles. The van der Waals surface area contributed by atoms with Crippen molar-refractivity contribution in [1.82, 2.24) is 0 Å². The van der Waals surface area contributed by atoms with Crippen LogP contribution in [-0.4, -0.2) is 11.9 Å². The molecule has 1 aliphatic heterocycles. The number of rotatable bonds is 3. The fraction of sp³-hybridized carbons (Fsp3) is 0.538. The molecule has 0 bridgehead atoms. The van der Waals surface area contributed by atoms with Crippen molar-refractivity contribution in [3.63, 3.8) is 0 Å². The summed E-state index contributed by atoms with van der Waals surface area (Å²) in [6.07, 6.45) is 1.18. The van der Waals surface area contributed by atoms with Crippen LogP contribution in [0.3, 0.4) is 0 Å². The minimum atomic E-state index is 0.339. The van der Waals surface area contributed by atoms with Gasteiger partial charge in [0.15, 0.2) is 0 Å². The Morgan fingerprint density at radius 2 is 2.13 bits per heavy atom. The summed E-state index contributed by atoms with van der Waals surface area (Å²) < 4.78 is 5.69. The summed E-state index contributed by atoms with van der Waals surface area (Å²) >= 11 is 3.58. The van der Waals surface area contributed by atoms with E-state index in [4.69, 9.17) is 4.74 Å². The molecule has 1 aromatic rings. The van der Waals surface area contributed by atoms with Crippen LogP contribution in [0.2, 0.25) is 0 Å². The largest absolute Gasteiger partial charge is 0.493 e. The van der Waals surface area contributed by atoms with Crippen LogP contribution in [0.15, 0.2) is 24.3 Å². The molecule has 0 spiro atoms. The van der Waals surface area contributed by atoms with E-state index >= 15 is 0 Å². The smallest absolute Gasteiger partial charge is 0.122 e. The van der Waals surface area contributed by atoms with E-state index < -0.39 is 0 Å². The topological polar surface area (TPSA) is 9.23 Å². The zero-order chi connectivity index (χ0) is 10.9. The Hall–Kier alpha value is -0.500. The molecule has 1 aromatic carbocycles. The van der Waals surface area contributed by atoms with Crippen LogP contribution in [-0.2, 0) is 0 Å². The van der Waals surface area contributed by atoms with Gasteiger partial charge in [-0.25, -0.2) is 0 Å². The lowest BCUT2D eigenvalue weighted by molar-refractivity contribution is 0.280. The molecule has 0 saturated heterocycles. The van der Waals surface area contributed by atoms with E-state index in [1.807, 2.05) is 6.07 Å². The van der Waals surface area contributed by atoms with Gasteiger partial charge in [-0.3, -0.25) is 0 Å². The number of halogens is 1. The highest BCUT2D eigenvalue weighted by atomic mass is 79.9. The van der Waals surface area contributed by atoms with Gasteiger partial charge in [0.05, 0.1) is 6.61 Å². The normalized spacial score (nSPS) is 19.8. The number of benzene rings is 1. The Morgan fingerprint density at radius 1 is 1.40 bits per heavy atom. The predicted molar refractivity (Wildman–Crippen MR) is 66.9 cm³/mol. The van der Waals surface area contributed by atoms with E-state index in [0.29, 0.717) is 11.3 Å². The van der Waals surface area contributed by atoms with Crippen LogP contribution < -0.4 is 4.74 Å². The summed E-state index contributed by atoms with van der Waals surface area (Å²) in [5.74, 6) is 1.64. The highest BCUT2D eigenvalue weighted by Gasteiger charge is 2.29. The van der Waals surface area contributed by atoms with Crippen LogP contribution in [0, 0.1) is 5.41 Å². The van der Waals surface area contributed by atoms with E-state index in [1.165, 1.54) is 12.0 Å². The summed E-state index contributed by atoms with van der Waals surface area (Å²) in [5, 5.41) is 1.04. The molecule has 15 heavy (non-hydrogen) atoms. The van der Waals surface area contributed by atoms with Crippen LogP contribution in [0.25, 0.3) is 0 Å². The van der Waals surface area contributed by atoms with Crippen molar-refractivity contribution in [1.29, 1.82) is 0 Å². The number of alkyl halides is 1. The SMILES string of the molecule is CC(C)(CBr)CC1COc2ccccc21. The first-order valence-electron chi connectivity index (χ1n) is 5.40. The van der Waals surface area contributed by atoms with Crippen molar-refractivity contribution < 1.29 is 4.74 Å². The van der Waals surface area contributed by atoms with Gasteiger partial charge in [-0.05, 0) is 17.9 Å². The van der Waals surface area contributed by atoms with Gasteiger partial charge in [-0.15, -0.1) is 0 Å². The third-order valence-electron chi connectivity index (χ3n) is 2.96. The monoisotopic (exact) mass is 268 g/mol. The van der Waals surface area contributed by atoms with Gasteiger partial charge in [-0.2, -0.15) is 0 Å². The van der Waals surface area contributed by atoms with Gasteiger partial charge in [-0.1, -0.05) is 48.0 Å². The van der Waals surface area contributed by atoms with Gasteiger partial charge < -0.3 is 4.74 Å². The summed E-state index contributed by atoms with van der Waals surface area (Å²) in [5.41, 5.74) is 1.72. The highest BCUT2D eigenvalue weighted by Crippen LogP contribution is 2.40. The van der Waals surface area contributed by atoms with E-state index in [-0.39, 0.29) is 0 Å². The van der Waals surface area contributed by atoms with Gasteiger partial charge in [0.25, 0.3) is 0 Å². The minimum absolute atomic E-state index is 0.339. The van der Waals surface area contributed by atoms with Crippen molar-refractivity contribution in [2.24, 2.45) is 5.41 Å². The number of para-hydroxylation sites is 1. The van der Waals surface area contributed by atoms with E-state index in [2.05, 4.69) is 48.0 Å². The molecule has 0 saturated carbocycles. The molecule has 0 aliphatic carbocycles. The Balaban J connectivity index is 2.14. The lowest BCUT2D eigenvalue weighted by atomic mass is 9.82. The molecule has 0 radical (unpaired) electrons. The Labute approximate surface area is 100.0 Å². The first kappa shape index (κ1) is 11.0. The standard InChI is InChI=1S/C13H17BrO/c1-13(2,9-14)7-10-8-15-12-6-4-3-5-11(10)12/h3-6,10H,7-9H2,1-2H3. The lowest BCUT2D eigenvalue weighted by Crippen LogP contribution is -2.18. The molecular formula is C13H17BrO. The van der Waals surface area contributed by atoms with Gasteiger partial charge in [0.2, 0.25) is 0 Å². The van der Waals surface area contributed by atoms with E-state index in [0.717, 1.165) is 17.7 Å². The second-order valence-electron chi connectivity index (χ2n) is 5.05. The molecule has 0 N–H and O–H groups in total. The molecule has 1 aliphatic rings. The summed E-state index contributed by atoms with van der Waals surface area (Å²) in [6, 6.07) is 8.40. The minimum Gasteiger partial charge on any atom is -0.493 e. The molecular weight excluding hydrogens is 252 g/mol. The van der Waals surface area contributed by atoms with Crippen LogP contribution in [0.4, 0.5) is 0 Å². The molecule has 0 amide bonds. The van der Waals surface area contributed by atoms with Crippen LogP contribution in [0.1, 0.15) is 31.7 Å². The van der Waals surface area contributed by atoms with Crippen molar-refractivity contribution in [3.8, 4) is 5.75 Å². The third kappa shape index (κ3) is 2.36. The molecule has 0 fully saturated rings. The lowest BCUT2D eigenvalue weighted by Gasteiger charge is -2.24. The van der Waals surface area contributed by atoms with Crippen molar-refractivity contribution in [2.75, 3.05) is 11.9 Å². The second kappa shape index (κ2) is 4.17. The maximum Gasteiger partial charge on any atom is 0.122 e. The average Bonchev–Trinajstić information content (AvgIpc) is 2.62. The fourth-order valence-corrected chi connectivity index (χ4v) is 2.35. The molecule has 82 valence electrons. The van der Waals surface area contributed by atoms with Crippen LogP contribution >= 0.6 is 15.9 Å². The number of fused-ring (bicyclic) bond motifs is 1. The van der Waals surface area contributed by atoms with Crippen molar-refractivity contribution in [3.05, 3.63) is 29.8 Å². The summed E-state index contributed by atoms with van der Waals surface area (Å²) in [6.45, 7) is 5.43. The van der Waals surface area contributed by atoms with E-state index in [1.54, 1.807) is 0 Å². The highest BCUT2D eigenvalue weighted by molar-refractivity contribution is 9.09. The Bertz CT molecular complexity index is 346. The van der Waals surface area contributed by atoms with Crippen LogP contribution in [0.5, 0.6) is 5.75 Å². The molecule has 2 heteroatoms. The first-order valence-corrected chi connectivity index (χ1v) is 6.52. The van der Waals surface area contributed by atoms with Crippen molar-refractivity contribution in [2.45, 2.75) is 26.2 Å². The Morgan fingerprint density at radius 3 is 2.87 bits per heavy atom. The number of ether oxygens (including phenoxy) is 1. The predicted octanol–water partition coefficient (Wildman–Crippen LogP) is 3.97. The molecule has 1 unspecified atom stereocenters. The Kier molecular flexibility index (Phi) is 3.06. The summed E-state index contributed by atoms with van der Waals surface area (Å²) in [7, 11) is 0. The van der Waals surface area contributed by atoms with Gasteiger partial charge in [0.1, 0.15) is 5.75 Å². The maximum atomic E-state index is 5.69. The van der Waals surface area contributed by atoms with Crippen molar-refractivity contribution >= 4 is 15.9 Å². The molecule has 2 rings (SSSR count). The number of hydrogen-bond donors (Lipinski definition) is 0. The fourth-order valence-electron chi connectivity index (χ4n) is 2.12. The third-order valence-corrected chi connectivity index (χ3v) is 4.48. The second-order valence-corrected chi connectivity index (χ2v) is 5.61. The number of hydrogen-bond acceptors (Lipinski definition) is 1. The summed E-state index contributed by atoms with van der Waals surface area (Å²) in [4.78, 5) is 0. The maximum absolute atomic E-state index is 5.69.